The van der Waals surface area contributed by atoms with Crippen molar-refractivity contribution in [1.29, 1.82) is 0 Å². The number of phenols is 1. The van der Waals surface area contributed by atoms with Gasteiger partial charge < -0.3 is 31.9 Å². The highest BCUT2D eigenvalue weighted by Gasteiger charge is 2.32. The second kappa shape index (κ2) is 14.4. The Hall–Kier alpha value is -3.14. The molecule has 0 saturated carbocycles. The molecule has 0 aliphatic carbocycles. The van der Waals surface area contributed by atoms with E-state index in [1.54, 1.807) is 26.0 Å². The molecule has 202 valence electrons. The number of hydrogen-bond donors (Lipinski definition) is 6. The van der Waals surface area contributed by atoms with E-state index in [1.807, 2.05) is 27.7 Å². The molecular weight excluding hydrogens is 464 g/mol. The molecule has 0 heterocycles. The summed E-state index contributed by atoms with van der Waals surface area (Å²) in [6, 6.07) is 2.43. The minimum atomic E-state index is -1.14. The van der Waals surface area contributed by atoms with Gasteiger partial charge in [-0.3, -0.25) is 14.4 Å². The molecule has 1 aromatic rings. The first-order valence-electron chi connectivity index (χ1n) is 12.4. The number of aliphatic carboxylic acids is 1. The van der Waals surface area contributed by atoms with Crippen LogP contribution in [0.3, 0.4) is 0 Å². The summed E-state index contributed by atoms with van der Waals surface area (Å²) >= 11 is 0. The largest absolute Gasteiger partial charge is 0.508 e. The molecular formula is C26H42N4O6. The number of aromatic hydroxyl groups is 1. The molecule has 0 aliphatic heterocycles. The van der Waals surface area contributed by atoms with Crippen LogP contribution in [0.4, 0.5) is 0 Å². The standard InChI is InChI=1S/C26H42N4O6/c1-14(2)11-20(28-23(32)19(27)13-17-7-9-18(31)10-8-17)24(33)30-22(16(5)6)25(34)29-21(26(35)36)12-15(3)4/h7-10,14-16,19-22,31H,11-13,27H2,1-6H3,(H,28,32)(H,29,34)(H,30,33)(H,35,36). The molecule has 36 heavy (non-hydrogen) atoms. The zero-order valence-electron chi connectivity index (χ0n) is 22.1. The third-order valence-electron chi connectivity index (χ3n) is 5.64. The van der Waals surface area contributed by atoms with Gasteiger partial charge in [0.25, 0.3) is 0 Å². The molecule has 10 heteroatoms. The molecule has 0 saturated heterocycles. The summed E-state index contributed by atoms with van der Waals surface area (Å²) in [5.74, 6) is -2.90. The number of phenolic OH excluding ortho intramolecular Hbond substituents is 1. The minimum Gasteiger partial charge on any atom is -0.508 e. The van der Waals surface area contributed by atoms with Crippen molar-refractivity contribution in [2.45, 2.75) is 85.0 Å². The van der Waals surface area contributed by atoms with Crippen LogP contribution in [0.15, 0.2) is 24.3 Å². The number of carbonyl (C=O) groups excluding carboxylic acids is 3. The summed E-state index contributed by atoms with van der Waals surface area (Å²) in [5, 5.41) is 26.8. The van der Waals surface area contributed by atoms with Gasteiger partial charge in [-0.2, -0.15) is 0 Å². The Bertz CT molecular complexity index is 885. The molecule has 0 fully saturated rings. The van der Waals surface area contributed by atoms with E-state index in [2.05, 4.69) is 16.0 Å². The number of hydrogen-bond acceptors (Lipinski definition) is 6. The lowest BCUT2D eigenvalue weighted by Crippen LogP contribution is -2.58. The number of benzene rings is 1. The number of carboxylic acids is 1. The maximum atomic E-state index is 13.2. The zero-order chi connectivity index (χ0) is 27.6. The van der Waals surface area contributed by atoms with Crippen LogP contribution in [-0.2, 0) is 25.6 Å². The van der Waals surface area contributed by atoms with E-state index in [4.69, 9.17) is 5.73 Å². The van der Waals surface area contributed by atoms with Crippen LogP contribution >= 0.6 is 0 Å². The van der Waals surface area contributed by atoms with Crippen LogP contribution in [0.1, 0.15) is 59.9 Å². The second-order valence-electron chi connectivity index (χ2n) is 10.4. The second-order valence-corrected chi connectivity index (χ2v) is 10.4. The fourth-order valence-corrected chi connectivity index (χ4v) is 3.70. The van der Waals surface area contributed by atoms with E-state index in [1.165, 1.54) is 12.1 Å². The normalized spacial score (nSPS) is 14.7. The van der Waals surface area contributed by atoms with Gasteiger partial charge in [-0.05, 0) is 54.7 Å². The lowest BCUT2D eigenvalue weighted by Gasteiger charge is -2.28. The van der Waals surface area contributed by atoms with Crippen molar-refractivity contribution in [2.75, 3.05) is 0 Å². The number of carbonyl (C=O) groups is 4. The molecule has 1 aromatic carbocycles. The molecule has 4 atom stereocenters. The highest BCUT2D eigenvalue weighted by Crippen LogP contribution is 2.13. The van der Waals surface area contributed by atoms with Gasteiger partial charge in [0.1, 0.15) is 23.9 Å². The Labute approximate surface area is 213 Å². The van der Waals surface area contributed by atoms with Crippen molar-refractivity contribution in [3.8, 4) is 5.75 Å². The fraction of sp³-hybridized carbons (Fsp3) is 0.615. The smallest absolute Gasteiger partial charge is 0.326 e. The Morgan fingerprint density at radius 3 is 1.75 bits per heavy atom. The number of carboxylic acid groups (broad SMARTS) is 1. The van der Waals surface area contributed by atoms with Crippen molar-refractivity contribution >= 4 is 23.7 Å². The first-order valence-corrected chi connectivity index (χ1v) is 12.4. The van der Waals surface area contributed by atoms with Gasteiger partial charge in [0, 0.05) is 0 Å². The van der Waals surface area contributed by atoms with Gasteiger partial charge in [0.05, 0.1) is 6.04 Å². The van der Waals surface area contributed by atoms with E-state index in [-0.39, 0.29) is 36.3 Å². The van der Waals surface area contributed by atoms with Crippen LogP contribution in [0.25, 0.3) is 0 Å². The van der Waals surface area contributed by atoms with Crippen LogP contribution in [-0.4, -0.2) is 58.1 Å². The highest BCUT2D eigenvalue weighted by molar-refractivity contribution is 5.94. The Kier molecular flexibility index (Phi) is 12.4. The van der Waals surface area contributed by atoms with Crippen molar-refractivity contribution in [3.05, 3.63) is 29.8 Å². The molecule has 0 spiro atoms. The monoisotopic (exact) mass is 506 g/mol. The molecule has 7 N–H and O–H groups in total. The average Bonchev–Trinajstić information content (AvgIpc) is 2.76. The van der Waals surface area contributed by atoms with Crippen molar-refractivity contribution in [3.63, 3.8) is 0 Å². The van der Waals surface area contributed by atoms with Gasteiger partial charge in [-0.15, -0.1) is 0 Å². The third-order valence-corrected chi connectivity index (χ3v) is 5.64. The number of nitrogens with two attached hydrogens (primary N) is 1. The molecule has 1 rings (SSSR count). The summed E-state index contributed by atoms with van der Waals surface area (Å²) in [6.07, 6.45) is 0.789. The Morgan fingerprint density at radius 2 is 1.28 bits per heavy atom. The first-order chi connectivity index (χ1) is 16.7. The number of rotatable bonds is 14. The summed E-state index contributed by atoms with van der Waals surface area (Å²) in [4.78, 5) is 50.4. The van der Waals surface area contributed by atoms with Crippen LogP contribution in [0.5, 0.6) is 5.75 Å². The molecule has 3 amide bonds. The van der Waals surface area contributed by atoms with Crippen LogP contribution in [0, 0.1) is 17.8 Å². The van der Waals surface area contributed by atoms with E-state index in [0.29, 0.717) is 6.42 Å². The maximum absolute atomic E-state index is 13.2. The third kappa shape index (κ3) is 10.6. The average molecular weight is 507 g/mol. The molecule has 0 radical (unpaired) electrons. The van der Waals surface area contributed by atoms with Crippen molar-refractivity contribution in [1.82, 2.24) is 16.0 Å². The van der Waals surface area contributed by atoms with Crippen molar-refractivity contribution in [2.24, 2.45) is 23.5 Å². The molecule has 10 nitrogen and oxygen atoms in total. The van der Waals surface area contributed by atoms with Crippen molar-refractivity contribution < 1.29 is 29.4 Å². The molecule has 0 aromatic heterocycles. The molecule has 0 bridgehead atoms. The Balaban J connectivity index is 2.93. The lowest BCUT2D eigenvalue weighted by molar-refractivity contribution is -0.143. The maximum Gasteiger partial charge on any atom is 0.326 e. The fourth-order valence-electron chi connectivity index (χ4n) is 3.70. The van der Waals surface area contributed by atoms with Gasteiger partial charge >= 0.3 is 5.97 Å². The topological polar surface area (TPSA) is 171 Å². The lowest BCUT2D eigenvalue weighted by atomic mass is 9.98. The summed E-state index contributed by atoms with van der Waals surface area (Å²) < 4.78 is 0. The molecule has 0 aliphatic rings. The summed E-state index contributed by atoms with van der Waals surface area (Å²) in [6.45, 7) is 11.0. The predicted octanol–water partition coefficient (Wildman–Crippen LogP) is 1.55. The highest BCUT2D eigenvalue weighted by atomic mass is 16.4. The van der Waals surface area contributed by atoms with E-state index in [9.17, 15) is 29.4 Å². The predicted molar refractivity (Wildman–Crippen MR) is 137 cm³/mol. The summed E-state index contributed by atoms with van der Waals surface area (Å²) in [7, 11) is 0. The first kappa shape index (κ1) is 30.9. The van der Waals surface area contributed by atoms with Gasteiger partial charge in [0.15, 0.2) is 0 Å². The quantitative estimate of drug-likeness (QED) is 0.222. The Morgan fingerprint density at radius 1 is 0.778 bits per heavy atom. The number of nitrogens with one attached hydrogen (secondary N) is 3. The minimum absolute atomic E-state index is 0.0508. The van der Waals surface area contributed by atoms with E-state index in [0.717, 1.165) is 5.56 Å². The van der Waals surface area contributed by atoms with Crippen LogP contribution < -0.4 is 21.7 Å². The van der Waals surface area contributed by atoms with Gasteiger partial charge in [-0.1, -0.05) is 53.7 Å². The molecule has 4 unspecified atom stereocenters. The number of amides is 3. The van der Waals surface area contributed by atoms with Gasteiger partial charge in [-0.25, -0.2) is 4.79 Å². The van der Waals surface area contributed by atoms with E-state index < -0.39 is 47.9 Å². The van der Waals surface area contributed by atoms with E-state index >= 15 is 0 Å². The summed E-state index contributed by atoms with van der Waals surface area (Å²) in [5.41, 5.74) is 6.82. The van der Waals surface area contributed by atoms with Gasteiger partial charge in [0.2, 0.25) is 17.7 Å². The zero-order valence-corrected chi connectivity index (χ0v) is 22.1. The van der Waals surface area contributed by atoms with Crippen LogP contribution in [0.2, 0.25) is 0 Å². The SMILES string of the molecule is CC(C)CC(NC(=O)C(NC(=O)C(CC(C)C)NC(=O)C(N)Cc1ccc(O)cc1)C(C)C)C(=O)O.